The molecule has 0 bridgehead atoms. The van der Waals surface area contributed by atoms with E-state index in [-0.39, 0.29) is 30.4 Å². The topological polar surface area (TPSA) is 65.2 Å². The lowest BCUT2D eigenvalue weighted by molar-refractivity contribution is -0.122. The quantitative estimate of drug-likeness (QED) is 0.647. The molecule has 0 spiro atoms. The van der Waals surface area contributed by atoms with Crippen LogP contribution >= 0.6 is 24.0 Å². The van der Waals surface area contributed by atoms with Crippen molar-refractivity contribution in [3.63, 3.8) is 0 Å². The molecule has 23 heavy (non-hydrogen) atoms. The zero-order valence-corrected chi connectivity index (χ0v) is 14.6. The second kappa shape index (κ2) is 8.85. The zero-order chi connectivity index (χ0) is 15.4. The summed E-state index contributed by atoms with van der Waals surface area (Å²) in [5.74, 6) is 0.763. The average Bonchev–Trinajstić information content (AvgIpc) is 3.19. The first-order valence-corrected chi connectivity index (χ1v) is 8.36. The summed E-state index contributed by atoms with van der Waals surface area (Å²) in [6, 6.07) is 7.62. The Kier molecular flexibility index (Phi) is 7.11. The Hall–Kier alpha value is -0.850. The monoisotopic (exact) mass is 358 g/mol. The van der Waals surface area contributed by atoms with Crippen molar-refractivity contribution in [3.05, 3.63) is 34.9 Å². The van der Waals surface area contributed by atoms with Gasteiger partial charge in [0.15, 0.2) is 0 Å². The van der Waals surface area contributed by atoms with Gasteiger partial charge in [-0.2, -0.15) is 0 Å². The second-order valence-corrected chi connectivity index (χ2v) is 6.50. The fraction of sp³-hybridized carbons (Fsp3) is 0.562. The van der Waals surface area contributed by atoms with Crippen LogP contribution in [-0.4, -0.2) is 31.6 Å². The van der Waals surface area contributed by atoms with Crippen molar-refractivity contribution >= 4 is 29.9 Å². The largest absolute Gasteiger partial charge is 0.355 e. The number of hydrazine groups is 1. The second-order valence-electron chi connectivity index (χ2n) is 6.09. The third-order valence-electron chi connectivity index (χ3n) is 4.51. The lowest BCUT2D eigenvalue weighted by atomic mass is 10.0. The number of rotatable bonds is 5. The average molecular weight is 359 g/mol. The summed E-state index contributed by atoms with van der Waals surface area (Å²) in [6.07, 6.45) is 2.97. The molecule has 3 unspecified atom stereocenters. The van der Waals surface area contributed by atoms with Crippen LogP contribution in [0.5, 0.6) is 0 Å². The number of halogens is 2. The first-order valence-electron chi connectivity index (χ1n) is 7.98. The molecule has 0 saturated carbocycles. The fourth-order valence-electron chi connectivity index (χ4n) is 3.17. The number of amides is 1. The van der Waals surface area contributed by atoms with Gasteiger partial charge in [0.1, 0.15) is 6.04 Å². The van der Waals surface area contributed by atoms with Gasteiger partial charge in [-0.3, -0.25) is 4.79 Å². The summed E-state index contributed by atoms with van der Waals surface area (Å²) in [4.78, 5) is 12.2. The molecule has 2 saturated heterocycles. The van der Waals surface area contributed by atoms with Gasteiger partial charge in [0.2, 0.25) is 5.91 Å². The van der Waals surface area contributed by atoms with Gasteiger partial charge in [0.05, 0.1) is 0 Å². The molecule has 128 valence electrons. The van der Waals surface area contributed by atoms with Crippen molar-refractivity contribution in [1.82, 2.24) is 21.5 Å². The number of hydrogen-bond donors (Lipinski definition) is 4. The van der Waals surface area contributed by atoms with Gasteiger partial charge in [0.25, 0.3) is 0 Å². The maximum atomic E-state index is 12.2. The highest BCUT2D eigenvalue weighted by Gasteiger charge is 2.30. The van der Waals surface area contributed by atoms with Gasteiger partial charge in [-0.25, -0.2) is 10.9 Å². The molecule has 2 aliphatic heterocycles. The molecule has 7 heteroatoms. The molecule has 2 aliphatic rings. The molecule has 0 aliphatic carbocycles. The lowest BCUT2D eigenvalue weighted by Gasteiger charge is -2.13. The van der Waals surface area contributed by atoms with Gasteiger partial charge >= 0.3 is 0 Å². The van der Waals surface area contributed by atoms with Crippen molar-refractivity contribution in [2.75, 3.05) is 19.6 Å². The van der Waals surface area contributed by atoms with E-state index in [0.29, 0.717) is 12.3 Å². The van der Waals surface area contributed by atoms with Crippen LogP contribution < -0.4 is 21.5 Å². The molecule has 3 atom stereocenters. The predicted octanol–water partition coefficient (Wildman–Crippen LogP) is 1.79. The van der Waals surface area contributed by atoms with Crippen LogP contribution in [0, 0.1) is 5.92 Å². The van der Waals surface area contributed by atoms with Crippen LogP contribution in [0.3, 0.4) is 0 Å². The number of nitrogens with one attached hydrogen (secondary N) is 4. The highest BCUT2D eigenvalue weighted by molar-refractivity contribution is 6.31. The van der Waals surface area contributed by atoms with Crippen molar-refractivity contribution in [1.29, 1.82) is 0 Å². The number of carbonyl (C=O) groups excluding carboxylic acids is 1. The number of hydrogen-bond acceptors (Lipinski definition) is 4. The van der Waals surface area contributed by atoms with Gasteiger partial charge in [0, 0.05) is 17.6 Å². The first-order chi connectivity index (χ1) is 10.7. The Labute approximate surface area is 148 Å². The van der Waals surface area contributed by atoms with Crippen molar-refractivity contribution < 1.29 is 4.79 Å². The van der Waals surface area contributed by atoms with Crippen molar-refractivity contribution in [2.45, 2.75) is 31.3 Å². The van der Waals surface area contributed by atoms with Crippen LogP contribution in [0.2, 0.25) is 5.02 Å². The van der Waals surface area contributed by atoms with Gasteiger partial charge < -0.3 is 10.6 Å². The van der Waals surface area contributed by atoms with Crippen LogP contribution in [0.1, 0.15) is 30.9 Å². The van der Waals surface area contributed by atoms with Gasteiger partial charge in [-0.1, -0.05) is 29.8 Å². The Balaban J connectivity index is 0.00000192. The minimum atomic E-state index is -0.206. The Morgan fingerprint density at radius 1 is 1.30 bits per heavy atom. The van der Waals surface area contributed by atoms with E-state index in [1.165, 1.54) is 6.42 Å². The number of carbonyl (C=O) groups is 1. The molecular formula is C16H24Cl2N4O. The van der Waals surface area contributed by atoms with Crippen molar-refractivity contribution in [2.24, 2.45) is 5.92 Å². The standard InChI is InChI=1S/C16H23ClN4O.ClH/c17-13-4-2-1-3-12(13)14-9-15(21-20-14)16(22)19-8-6-11-5-7-18-10-11;/h1-4,11,14-15,18,20-21H,5-10H2,(H,19,22);1H. The summed E-state index contributed by atoms with van der Waals surface area (Å²) < 4.78 is 0. The van der Waals surface area contributed by atoms with Crippen LogP contribution in [0.15, 0.2) is 24.3 Å². The van der Waals surface area contributed by atoms with Crippen LogP contribution in [0.4, 0.5) is 0 Å². The molecule has 4 N–H and O–H groups in total. The molecule has 1 amide bonds. The lowest BCUT2D eigenvalue weighted by Crippen LogP contribution is -2.43. The van der Waals surface area contributed by atoms with E-state index in [2.05, 4.69) is 21.5 Å². The Morgan fingerprint density at radius 3 is 2.87 bits per heavy atom. The normalized spacial score (nSPS) is 26.7. The highest BCUT2D eigenvalue weighted by Crippen LogP contribution is 2.28. The van der Waals surface area contributed by atoms with Gasteiger partial charge in [-0.05, 0) is 49.9 Å². The van der Waals surface area contributed by atoms with E-state index in [0.717, 1.165) is 36.6 Å². The van der Waals surface area contributed by atoms with E-state index in [1.54, 1.807) is 0 Å². The summed E-state index contributed by atoms with van der Waals surface area (Å²) in [5, 5.41) is 7.12. The molecule has 0 radical (unpaired) electrons. The van der Waals surface area contributed by atoms with Crippen LogP contribution in [-0.2, 0) is 4.79 Å². The molecule has 1 aromatic rings. The maximum absolute atomic E-state index is 12.2. The number of benzene rings is 1. The molecular weight excluding hydrogens is 335 g/mol. The maximum Gasteiger partial charge on any atom is 0.238 e. The molecule has 1 aromatic carbocycles. The zero-order valence-electron chi connectivity index (χ0n) is 13.0. The van der Waals surface area contributed by atoms with E-state index in [9.17, 15) is 4.79 Å². The molecule has 5 nitrogen and oxygen atoms in total. The first kappa shape index (κ1) is 18.5. The molecule has 2 fully saturated rings. The van der Waals surface area contributed by atoms with E-state index >= 15 is 0 Å². The smallest absolute Gasteiger partial charge is 0.238 e. The Morgan fingerprint density at radius 2 is 2.13 bits per heavy atom. The summed E-state index contributed by atoms with van der Waals surface area (Å²) in [5.41, 5.74) is 7.28. The van der Waals surface area contributed by atoms with Crippen LogP contribution in [0.25, 0.3) is 0 Å². The van der Waals surface area contributed by atoms with E-state index in [1.807, 2.05) is 24.3 Å². The summed E-state index contributed by atoms with van der Waals surface area (Å²) in [6.45, 7) is 2.93. The SMILES string of the molecule is Cl.O=C(NCCC1CCNC1)C1CC(c2ccccc2Cl)NN1. The summed E-state index contributed by atoms with van der Waals surface area (Å²) >= 11 is 6.21. The van der Waals surface area contributed by atoms with E-state index in [4.69, 9.17) is 11.6 Å². The highest BCUT2D eigenvalue weighted by atomic mass is 35.5. The van der Waals surface area contributed by atoms with Gasteiger partial charge in [-0.15, -0.1) is 12.4 Å². The molecule has 0 aromatic heterocycles. The molecule has 2 heterocycles. The van der Waals surface area contributed by atoms with Crippen molar-refractivity contribution in [3.8, 4) is 0 Å². The third-order valence-corrected chi connectivity index (χ3v) is 4.86. The molecule has 3 rings (SSSR count). The summed E-state index contributed by atoms with van der Waals surface area (Å²) in [7, 11) is 0. The van der Waals surface area contributed by atoms with E-state index < -0.39 is 0 Å². The fourth-order valence-corrected chi connectivity index (χ4v) is 3.44. The predicted molar refractivity (Wildman–Crippen MR) is 94.7 cm³/mol. The Bertz CT molecular complexity index is 523. The third kappa shape index (κ3) is 4.81. The minimum Gasteiger partial charge on any atom is -0.355 e. The minimum absolute atomic E-state index is 0.